The Labute approximate surface area is 139 Å². The fourth-order valence-electron chi connectivity index (χ4n) is 3.90. The van der Waals surface area contributed by atoms with Crippen molar-refractivity contribution in [2.45, 2.75) is 38.1 Å². The van der Waals surface area contributed by atoms with Crippen molar-refractivity contribution >= 4 is 5.91 Å². The number of hydrogen-bond acceptors (Lipinski definition) is 4. The second-order valence-electron chi connectivity index (χ2n) is 6.62. The molecule has 4 rings (SSSR count). The minimum absolute atomic E-state index is 0.0118. The van der Waals surface area contributed by atoms with Gasteiger partial charge in [-0.1, -0.05) is 0 Å². The summed E-state index contributed by atoms with van der Waals surface area (Å²) in [6.07, 6.45) is 5.49. The molecule has 0 saturated carbocycles. The molecule has 1 amide bonds. The van der Waals surface area contributed by atoms with Crippen LogP contribution in [0.4, 0.5) is 0 Å². The molecular formula is C17H21N5O2. The van der Waals surface area contributed by atoms with Gasteiger partial charge in [-0.05, 0) is 25.3 Å². The van der Waals surface area contributed by atoms with Crippen molar-refractivity contribution in [1.82, 2.24) is 24.2 Å². The Balaban J connectivity index is 1.61. The van der Waals surface area contributed by atoms with Gasteiger partial charge in [0.2, 0.25) is 0 Å². The summed E-state index contributed by atoms with van der Waals surface area (Å²) in [5.74, 6) is 1.11. The van der Waals surface area contributed by atoms with Crippen LogP contribution >= 0.6 is 0 Å². The van der Waals surface area contributed by atoms with E-state index in [0.29, 0.717) is 12.2 Å². The van der Waals surface area contributed by atoms with Crippen molar-refractivity contribution in [3.63, 3.8) is 0 Å². The van der Waals surface area contributed by atoms with Crippen LogP contribution in [0.1, 0.15) is 47.2 Å². The number of aromatic nitrogens is 4. The van der Waals surface area contributed by atoms with Crippen LogP contribution in [0.15, 0.2) is 23.1 Å². The minimum atomic E-state index is -0.159. The van der Waals surface area contributed by atoms with Crippen molar-refractivity contribution in [1.29, 1.82) is 0 Å². The standard InChI is InChI=1S/C17H21N5O2/c1-20-13(6-7-18-20)17(24)21-8-2-4-12(11-21)14-10-16(23)19-15-5-3-9-22(14)15/h6-7,10,12H,2-5,8-9,11H2,1H3/t12-/m1/s1. The third-order valence-electron chi connectivity index (χ3n) is 5.08. The molecule has 2 aliphatic heterocycles. The van der Waals surface area contributed by atoms with Crippen LogP contribution in [0.3, 0.4) is 0 Å². The molecule has 1 atom stereocenters. The van der Waals surface area contributed by atoms with Crippen LogP contribution in [0, 0.1) is 0 Å². The minimum Gasteiger partial charge on any atom is -0.337 e. The van der Waals surface area contributed by atoms with E-state index in [-0.39, 0.29) is 17.4 Å². The molecule has 0 aromatic carbocycles. The normalized spacial score (nSPS) is 20.2. The zero-order chi connectivity index (χ0) is 16.7. The van der Waals surface area contributed by atoms with Gasteiger partial charge < -0.3 is 9.47 Å². The lowest BCUT2D eigenvalue weighted by Gasteiger charge is -2.33. The van der Waals surface area contributed by atoms with E-state index >= 15 is 0 Å². The SMILES string of the molecule is Cn1nccc1C(=O)N1CCC[C@@H](c2cc(=O)nc3n2CCC3)C1. The van der Waals surface area contributed by atoms with E-state index < -0.39 is 0 Å². The van der Waals surface area contributed by atoms with Crippen molar-refractivity contribution < 1.29 is 4.79 Å². The third-order valence-corrected chi connectivity index (χ3v) is 5.08. The lowest BCUT2D eigenvalue weighted by Crippen LogP contribution is -2.40. The summed E-state index contributed by atoms with van der Waals surface area (Å²) in [4.78, 5) is 30.7. The van der Waals surface area contributed by atoms with Gasteiger partial charge in [-0.25, -0.2) is 0 Å². The maximum atomic E-state index is 12.7. The van der Waals surface area contributed by atoms with Crippen molar-refractivity contribution in [2.75, 3.05) is 13.1 Å². The van der Waals surface area contributed by atoms with Crippen LogP contribution in [0.2, 0.25) is 0 Å². The highest BCUT2D eigenvalue weighted by atomic mass is 16.2. The molecule has 1 saturated heterocycles. The molecule has 126 valence electrons. The summed E-state index contributed by atoms with van der Waals surface area (Å²) >= 11 is 0. The number of rotatable bonds is 2. The molecule has 0 unspecified atom stereocenters. The largest absolute Gasteiger partial charge is 0.337 e. The Morgan fingerprint density at radius 2 is 2.17 bits per heavy atom. The molecule has 0 aliphatic carbocycles. The molecule has 7 heteroatoms. The van der Waals surface area contributed by atoms with Gasteiger partial charge in [-0.2, -0.15) is 10.1 Å². The van der Waals surface area contributed by atoms with E-state index in [1.807, 2.05) is 4.90 Å². The molecule has 24 heavy (non-hydrogen) atoms. The maximum Gasteiger partial charge on any atom is 0.273 e. The van der Waals surface area contributed by atoms with Crippen LogP contribution in [-0.2, 0) is 20.0 Å². The van der Waals surface area contributed by atoms with Gasteiger partial charge in [0.05, 0.1) is 0 Å². The fraction of sp³-hybridized carbons (Fsp3) is 0.529. The zero-order valence-electron chi connectivity index (χ0n) is 13.8. The van der Waals surface area contributed by atoms with Gasteiger partial charge >= 0.3 is 0 Å². The van der Waals surface area contributed by atoms with Gasteiger partial charge in [-0.15, -0.1) is 0 Å². The number of fused-ring (bicyclic) bond motifs is 1. The number of hydrogen-bond donors (Lipinski definition) is 0. The summed E-state index contributed by atoms with van der Waals surface area (Å²) < 4.78 is 3.80. The molecule has 0 radical (unpaired) electrons. The Morgan fingerprint density at radius 3 is 2.96 bits per heavy atom. The summed E-state index contributed by atoms with van der Waals surface area (Å²) in [5.41, 5.74) is 1.49. The number of nitrogens with zero attached hydrogens (tertiary/aromatic N) is 5. The van der Waals surface area contributed by atoms with E-state index in [1.165, 1.54) is 0 Å². The van der Waals surface area contributed by atoms with Crippen LogP contribution in [0.25, 0.3) is 0 Å². The predicted octanol–water partition coefficient (Wildman–Crippen LogP) is 0.943. The first-order valence-corrected chi connectivity index (χ1v) is 8.51. The van der Waals surface area contributed by atoms with Crippen molar-refractivity contribution in [3.05, 3.63) is 45.9 Å². The molecule has 2 aliphatic rings. The summed E-state index contributed by atoms with van der Waals surface area (Å²) in [6.45, 7) is 2.32. The first-order valence-electron chi connectivity index (χ1n) is 8.51. The number of aryl methyl sites for hydroxylation is 2. The zero-order valence-corrected chi connectivity index (χ0v) is 13.8. The van der Waals surface area contributed by atoms with Crippen LogP contribution < -0.4 is 5.56 Å². The van der Waals surface area contributed by atoms with E-state index in [4.69, 9.17) is 0 Å². The van der Waals surface area contributed by atoms with E-state index in [0.717, 1.165) is 50.3 Å². The van der Waals surface area contributed by atoms with Crippen LogP contribution in [-0.4, -0.2) is 43.2 Å². The number of likely N-dealkylation sites (tertiary alicyclic amines) is 1. The molecule has 0 N–H and O–H groups in total. The van der Waals surface area contributed by atoms with Crippen molar-refractivity contribution in [2.24, 2.45) is 7.05 Å². The lowest BCUT2D eigenvalue weighted by atomic mass is 9.94. The molecular weight excluding hydrogens is 306 g/mol. The topological polar surface area (TPSA) is 73.0 Å². The Kier molecular flexibility index (Phi) is 3.70. The molecule has 4 heterocycles. The number of piperidine rings is 1. The van der Waals surface area contributed by atoms with Gasteiger partial charge in [0, 0.05) is 57.0 Å². The van der Waals surface area contributed by atoms with Gasteiger partial charge in [0.25, 0.3) is 11.5 Å². The highest BCUT2D eigenvalue weighted by molar-refractivity contribution is 5.92. The second-order valence-corrected chi connectivity index (χ2v) is 6.62. The summed E-state index contributed by atoms with van der Waals surface area (Å²) in [5, 5.41) is 4.08. The quantitative estimate of drug-likeness (QED) is 0.823. The average molecular weight is 327 g/mol. The molecule has 2 aromatic heterocycles. The third kappa shape index (κ3) is 2.53. The van der Waals surface area contributed by atoms with Crippen LogP contribution in [0.5, 0.6) is 0 Å². The predicted molar refractivity (Wildman–Crippen MR) is 87.9 cm³/mol. The summed E-state index contributed by atoms with van der Waals surface area (Å²) in [7, 11) is 1.78. The molecule has 1 fully saturated rings. The number of carbonyl (C=O) groups excluding carboxylic acids is 1. The highest BCUT2D eigenvalue weighted by Gasteiger charge is 2.29. The van der Waals surface area contributed by atoms with E-state index in [1.54, 1.807) is 30.1 Å². The fourth-order valence-corrected chi connectivity index (χ4v) is 3.90. The van der Waals surface area contributed by atoms with E-state index in [9.17, 15) is 9.59 Å². The van der Waals surface area contributed by atoms with Crippen molar-refractivity contribution in [3.8, 4) is 0 Å². The number of amides is 1. The Hall–Kier alpha value is -2.44. The molecule has 2 aromatic rings. The Bertz CT molecular complexity index is 838. The average Bonchev–Trinajstić information content (AvgIpc) is 3.22. The van der Waals surface area contributed by atoms with E-state index in [2.05, 4.69) is 14.6 Å². The molecule has 0 bridgehead atoms. The summed E-state index contributed by atoms with van der Waals surface area (Å²) in [6, 6.07) is 3.41. The number of carbonyl (C=O) groups is 1. The molecule has 0 spiro atoms. The lowest BCUT2D eigenvalue weighted by molar-refractivity contribution is 0.0693. The maximum absolute atomic E-state index is 12.7. The highest BCUT2D eigenvalue weighted by Crippen LogP contribution is 2.29. The second kappa shape index (κ2) is 5.89. The first-order chi connectivity index (χ1) is 11.6. The van der Waals surface area contributed by atoms with Gasteiger partial charge in [0.15, 0.2) is 0 Å². The van der Waals surface area contributed by atoms with Gasteiger partial charge in [-0.3, -0.25) is 14.3 Å². The monoisotopic (exact) mass is 327 g/mol. The smallest absolute Gasteiger partial charge is 0.273 e. The molecule has 7 nitrogen and oxygen atoms in total. The first kappa shape index (κ1) is 15.1. The Morgan fingerprint density at radius 1 is 1.29 bits per heavy atom. The van der Waals surface area contributed by atoms with Gasteiger partial charge in [0.1, 0.15) is 11.5 Å².